The number of aromatic nitrogens is 3. The van der Waals surface area contributed by atoms with Crippen molar-refractivity contribution in [3.05, 3.63) is 77.9 Å². The van der Waals surface area contributed by atoms with Gasteiger partial charge in [-0.05, 0) is 36.8 Å². The predicted octanol–water partition coefficient (Wildman–Crippen LogP) is 5.06. The van der Waals surface area contributed by atoms with Gasteiger partial charge in [-0.25, -0.2) is 9.37 Å². The number of nitrogen functional groups attached to an aromatic ring is 1. The normalized spacial score (nSPS) is 10.4. The van der Waals surface area contributed by atoms with E-state index >= 15 is 0 Å². The maximum absolute atomic E-state index is 14.2. The summed E-state index contributed by atoms with van der Waals surface area (Å²) in [5, 5.41) is 0.915. The number of ether oxygens (including phenoxy) is 1. The van der Waals surface area contributed by atoms with E-state index in [2.05, 4.69) is 9.97 Å². The first kappa shape index (κ1) is 19.4. The lowest BCUT2D eigenvalue weighted by atomic mass is 10.1. The minimum absolute atomic E-state index is 0.165. The third-order valence-electron chi connectivity index (χ3n) is 4.25. The first-order valence-corrected chi connectivity index (χ1v) is 9.19. The molecule has 0 unspecified atom stereocenters. The molecule has 0 fully saturated rings. The van der Waals surface area contributed by atoms with Crippen LogP contribution in [0.1, 0.15) is 25.0 Å². The number of fused-ring (bicyclic) bond motifs is 1. The summed E-state index contributed by atoms with van der Waals surface area (Å²) in [6.07, 6.45) is 3.51. The molecule has 0 radical (unpaired) electrons. The fourth-order valence-corrected chi connectivity index (χ4v) is 2.94. The van der Waals surface area contributed by atoms with Gasteiger partial charge in [0.15, 0.2) is 0 Å². The number of hydrogen-bond acceptors (Lipinski definition) is 4. The summed E-state index contributed by atoms with van der Waals surface area (Å²) in [6.45, 7) is 5.91. The Hall–Kier alpha value is -3.41. The standard InChI is InChI=1S/C20H17FN4O.C2H6/c1-13-4-2-5-14(19(13)21)12-26-17-7-3-6-16-15(17)9-11-25(16)18-8-10-23-20(22)24-18;1-2/h2-11H,12H2,1H3,(H2,22,23,24);1-2H3. The third kappa shape index (κ3) is 3.81. The lowest BCUT2D eigenvalue weighted by Crippen LogP contribution is -2.01. The molecule has 0 atom stereocenters. The van der Waals surface area contributed by atoms with Gasteiger partial charge in [0.2, 0.25) is 5.95 Å². The Bertz CT molecular complexity index is 1090. The van der Waals surface area contributed by atoms with Gasteiger partial charge in [0, 0.05) is 23.3 Å². The Kier molecular flexibility index (Phi) is 5.89. The summed E-state index contributed by atoms with van der Waals surface area (Å²) in [6, 6.07) is 14.8. The number of halogens is 1. The molecule has 0 aliphatic heterocycles. The number of benzene rings is 2. The van der Waals surface area contributed by atoms with Crippen LogP contribution in [0.25, 0.3) is 16.7 Å². The van der Waals surface area contributed by atoms with Crippen molar-refractivity contribution in [3.8, 4) is 11.6 Å². The lowest BCUT2D eigenvalue weighted by molar-refractivity contribution is 0.303. The highest BCUT2D eigenvalue weighted by Gasteiger charge is 2.11. The number of rotatable bonds is 4. The van der Waals surface area contributed by atoms with Gasteiger partial charge in [-0.15, -0.1) is 0 Å². The Morgan fingerprint density at radius 1 is 1.07 bits per heavy atom. The molecule has 0 saturated carbocycles. The summed E-state index contributed by atoms with van der Waals surface area (Å²) in [4.78, 5) is 8.17. The topological polar surface area (TPSA) is 66.0 Å². The fraction of sp³-hybridized carbons (Fsp3) is 0.182. The highest BCUT2D eigenvalue weighted by atomic mass is 19.1. The van der Waals surface area contributed by atoms with Crippen molar-refractivity contribution in [2.45, 2.75) is 27.4 Å². The summed E-state index contributed by atoms with van der Waals surface area (Å²) in [7, 11) is 0. The largest absolute Gasteiger partial charge is 0.488 e. The number of nitrogens with two attached hydrogens (primary N) is 1. The molecular formula is C22H23FN4O. The molecule has 0 bridgehead atoms. The van der Waals surface area contributed by atoms with Crippen LogP contribution in [0.4, 0.5) is 10.3 Å². The van der Waals surface area contributed by atoms with Crippen molar-refractivity contribution >= 4 is 16.9 Å². The SMILES string of the molecule is CC.Cc1cccc(COc2cccc3c2ccn3-c2ccnc(N)n2)c1F. The Morgan fingerprint density at radius 2 is 1.86 bits per heavy atom. The van der Waals surface area contributed by atoms with Gasteiger partial charge in [-0.2, -0.15) is 4.98 Å². The molecule has 2 heterocycles. The van der Waals surface area contributed by atoms with E-state index in [1.807, 2.05) is 54.9 Å². The van der Waals surface area contributed by atoms with Gasteiger partial charge in [0.25, 0.3) is 0 Å². The van der Waals surface area contributed by atoms with Crippen molar-refractivity contribution in [3.63, 3.8) is 0 Å². The lowest BCUT2D eigenvalue weighted by Gasteiger charge is -2.10. The van der Waals surface area contributed by atoms with Crippen LogP contribution in [0.5, 0.6) is 5.75 Å². The van der Waals surface area contributed by atoms with Crippen molar-refractivity contribution in [1.82, 2.24) is 14.5 Å². The average molecular weight is 378 g/mol. The van der Waals surface area contributed by atoms with E-state index in [-0.39, 0.29) is 18.4 Å². The summed E-state index contributed by atoms with van der Waals surface area (Å²) in [5.74, 6) is 1.35. The molecule has 0 spiro atoms. The predicted molar refractivity (Wildman–Crippen MR) is 110 cm³/mol. The van der Waals surface area contributed by atoms with Gasteiger partial charge in [0.1, 0.15) is 24.0 Å². The van der Waals surface area contributed by atoms with E-state index in [0.717, 1.165) is 10.9 Å². The van der Waals surface area contributed by atoms with Crippen LogP contribution in [-0.2, 0) is 6.61 Å². The zero-order valence-electron chi connectivity index (χ0n) is 16.2. The second-order valence-corrected chi connectivity index (χ2v) is 5.98. The summed E-state index contributed by atoms with van der Waals surface area (Å²) >= 11 is 0. The van der Waals surface area contributed by atoms with Gasteiger partial charge < -0.3 is 15.0 Å². The first-order chi connectivity index (χ1) is 13.6. The molecule has 28 heavy (non-hydrogen) atoms. The van der Waals surface area contributed by atoms with Gasteiger partial charge in [-0.1, -0.05) is 38.1 Å². The minimum atomic E-state index is -0.228. The van der Waals surface area contributed by atoms with E-state index in [9.17, 15) is 4.39 Å². The van der Waals surface area contributed by atoms with Crippen molar-refractivity contribution in [1.29, 1.82) is 0 Å². The van der Waals surface area contributed by atoms with E-state index < -0.39 is 0 Å². The Balaban J connectivity index is 0.00000109. The zero-order valence-corrected chi connectivity index (χ0v) is 16.2. The Labute approximate surface area is 163 Å². The van der Waals surface area contributed by atoms with Crippen LogP contribution in [0.2, 0.25) is 0 Å². The van der Waals surface area contributed by atoms with E-state index in [0.29, 0.717) is 22.7 Å². The molecule has 0 aliphatic carbocycles. The zero-order chi connectivity index (χ0) is 20.1. The molecule has 5 nitrogen and oxygen atoms in total. The highest BCUT2D eigenvalue weighted by Crippen LogP contribution is 2.29. The number of nitrogens with zero attached hydrogens (tertiary/aromatic N) is 3. The van der Waals surface area contributed by atoms with Crippen LogP contribution in [0.15, 0.2) is 60.9 Å². The van der Waals surface area contributed by atoms with Gasteiger partial charge in [-0.3, -0.25) is 0 Å². The molecule has 2 aromatic carbocycles. The molecular weight excluding hydrogens is 355 g/mol. The third-order valence-corrected chi connectivity index (χ3v) is 4.25. The minimum Gasteiger partial charge on any atom is -0.488 e. The number of hydrogen-bond donors (Lipinski definition) is 1. The quantitative estimate of drug-likeness (QED) is 0.539. The van der Waals surface area contributed by atoms with Gasteiger partial charge >= 0.3 is 0 Å². The molecule has 144 valence electrons. The van der Waals surface area contributed by atoms with Gasteiger partial charge in [0.05, 0.1) is 5.52 Å². The molecule has 4 aromatic rings. The summed E-state index contributed by atoms with van der Waals surface area (Å²) < 4.78 is 22.0. The molecule has 0 aliphatic rings. The van der Waals surface area contributed by atoms with Crippen LogP contribution in [0, 0.1) is 12.7 Å². The smallest absolute Gasteiger partial charge is 0.221 e. The van der Waals surface area contributed by atoms with E-state index in [4.69, 9.17) is 10.5 Å². The highest BCUT2D eigenvalue weighted by molar-refractivity contribution is 5.87. The van der Waals surface area contributed by atoms with Crippen LogP contribution in [-0.4, -0.2) is 14.5 Å². The van der Waals surface area contributed by atoms with E-state index in [1.54, 1.807) is 31.3 Å². The van der Waals surface area contributed by atoms with Crippen molar-refractivity contribution < 1.29 is 9.13 Å². The van der Waals surface area contributed by atoms with Crippen molar-refractivity contribution in [2.75, 3.05) is 5.73 Å². The molecule has 2 aromatic heterocycles. The number of anilines is 1. The van der Waals surface area contributed by atoms with Crippen LogP contribution < -0.4 is 10.5 Å². The second-order valence-electron chi connectivity index (χ2n) is 5.98. The Morgan fingerprint density at radius 3 is 2.64 bits per heavy atom. The molecule has 2 N–H and O–H groups in total. The maximum atomic E-state index is 14.2. The van der Waals surface area contributed by atoms with Crippen LogP contribution >= 0.6 is 0 Å². The maximum Gasteiger partial charge on any atom is 0.221 e. The molecule has 6 heteroatoms. The van der Waals surface area contributed by atoms with Crippen molar-refractivity contribution in [2.24, 2.45) is 0 Å². The van der Waals surface area contributed by atoms with Crippen LogP contribution in [0.3, 0.4) is 0 Å². The summed E-state index contributed by atoms with van der Waals surface area (Å²) in [5.41, 5.74) is 7.74. The fourth-order valence-electron chi connectivity index (χ4n) is 2.94. The van der Waals surface area contributed by atoms with E-state index in [1.165, 1.54) is 0 Å². The monoisotopic (exact) mass is 378 g/mol. The average Bonchev–Trinajstić information content (AvgIpc) is 3.15. The second kappa shape index (κ2) is 8.52. The first-order valence-electron chi connectivity index (χ1n) is 9.19. The number of aryl methyl sites for hydroxylation is 1. The molecule has 4 rings (SSSR count). The molecule has 0 amide bonds. The molecule has 0 saturated heterocycles.